The van der Waals surface area contributed by atoms with Crippen LogP contribution in [0.2, 0.25) is 0 Å². The van der Waals surface area contributed by atoms with Crippen molar-refractivity contribution in [3.63, 3.8) is 0 Å². The van der Waals surface area contributed by atoms with E-state index in [0.717, 1.165) is 31.9 Å². The van der Waals surface area contributed by atoms with Crippen LogP contribution in [0.1, 0.15) is 32.6 Å². The summed E-state index contributed by atoms with van der Waals surface area (Å²) in [7, 11) is 0. The Morgan fingerprint density at radius 2 is 2.24 bits per heavy atom. The Labute approximate surface area is 124 Å². The zero-order chi connectivity index (χ0) is 15.3. The van der Waals surface area contributed by atoms with Gasteiger partial charge in [-0.2, -0.15) is 4.39 Å². The van der Waals surface area contributed by atoms with Gasteiger partial charge in [-0.1, -0.05) is 19.4 Å². The molecule has 2 unspecified atom stereocenters. The number of hydrogen-bond acceptors (Lipinski definition) is 3. The lowest BCUT2D eigenvalue weighted by atomic mass is 9.85. The van der Waals surface area contributed by atoms with Gasteiger partial charge in [-0.15, -0.1) is 0 Å². The van der Waals surface area contributed by atoms with E-state index in [4.69, 9.17) is 4.74 Å². The van der Waals surface area contributed by atoms with Gasteiger partial charge in [0.05, 0.1) is 13.2 Å². The Hall–Kier alpha value is -1.20. The lowest BCUT2D eigenvalue weighted by Crippen LogP contribution is -2.51. The molecule has 0 bridgehead atoms. The van der Waals surface area contributed by atoms with Crippen LogP contribution in [-0.4, -0.2) is 30.4 Å². The molecule has 0 saturated heterocycles. The maximum atomic E-state index is 13.5. The molecule has 0 aliphatic heterocycles. The Bertz CT molecular complexity index is 470. The van der Waals surface area contributed by atoms with Crippen molar-refractivity contribution in [2.75, 3.05) is 19.8 Å². The van der Waals surface area contributed by atoms with E-state index in [0.29, 0.717) is 18.9 Å². The molecular weight excluding hydrogens is 276 g/mol. The number of hydrogen-bond donors (Lipinski definition) is 2. The Balaban J connectivity index is 1.92. The molecule has 2 N–H and O–H groups in total. The van der Waals surface area contributed by atoms with Crippen LogP contribution in [0.5, 0.6) is 5.75 Å². The molecule has 21 heavy (non-hydrogen) atoms. The summed E-state index contributed by atoms with van der Waals surface area (Å²) in [5.74, 6) is -1.60. The fraction of sp³-hybridized carbons (Fsp3) is 0.625. The number of rotatable bonds is 7. The summed E-state index contributed by atoms with van der Waals surface area (Å²) in [5.41, 5.74) is -0.251. The molecule has 1 aliphatic rings. The van der Waals surface area contributed by atoms with Crippen molar-refractivity contribution >= 4 is 0 Å². The molecule has 0 amide bonds. The minimum absolute atomic E-state index is 0.0500. The fourth-order valence-electron chi connectivity index (χ4n) is 3.32. The maximum Gasteiger partial charge on any atom is 0.200 e. The van der Waals surface area contributed by atoms with Gasteiger partial charge >= 0.3 is 0 Å². The molecule has 5 heteroatoms. The van der Waals surface area contributed by atoms with Gasteiger partial charge in [0, 0.05) is 5.54 Å². The third kappa shape index (κ3) is 3.52. The highest BCUT2D eigenvalue weighted by Crippen LogP contribution is 2.37. The molecular formula is C16H23F2NO2. The van der Waals surface area contributed by atoms with Gasteiger partial charge in [0.25, 0.3) is 0 Å². The Morgan fingerprint density at radius 3 is 2.95 bits per heavy atom. The fourth-order valence-corrected chi connectivity index (χ4v) is 3.32. The predicted octanol–water partition coefficient (Wildman–Crippen LogP) is 2.87. The monoisotopic (exact) mass is 299 g/mol. The zero-order valence-electron chi connectivity index (χ0n) is 12.4. The summed E-state index contributed by atoms with van der Waals surface area (Å²) in [6.45, 7) is 3.24. The van der Waals surface area contributed by atoms with E-state index in [1.54, 1.807) is 0 Å². The van der Waals surface area contributed by atoms with E-state index in [2.05, 4.69) is 5.32 Å². The van der Waals surface area contributed by atoms with Crippen molar-refractivity contribution in [1.29, 1.82) is 0 Å². The summed E-state index contributed by atoms with van der Waals surface area (Å²) >= 11 is 0. The van der Waals surface area contributed by atoms with Crippen molar-refractivity contribution in [2.45, 2.75) is 38.1 Å². The third-order valence-corrected chi connectivity index (χ3v) is 4.41. The van der Waals surface area contributed by atoms with Gasteiger partial charge in [-0.25, -0.2) is 4.39 Å². The molecule has 118 valence electrons. The van der Waals surface area contributed by atoms with Crippen molar-refractivity contribution in [2.24, 2.45) is 5.92 Å². The molecule has 0 radical (unpaired) electrons. The molecule has 1 saturated carbocycles. The van der Waals surface area contributed by atoms with Crippen LogP contribution < -0.4 is 10.1 Å². The topological polar surface area (TPSA) is 41.5 Å². The van der Waals surface area contributed by atoms with E-state index in [1.807, 2.05) is 6.92 Å². The van der Waals surface area contributed by atoms with Gasteiger partial charge in [0.2, 0.25) is 5.82 Å². The molecule has 0 aromatic heterocycles. The van der Waals surface area contributed by atoms with Crippen molar-refractivity contribution in [1.82, 2.24) is 5.32 Å². The number of ether oxygens (including phenoxy) is 1. The Morgan fingerprint density at radius 1 is 1.43 bits per heavy atom. The second-order valence-corrected chi connectivity index (χ2v) is 5.62. The summed E-state index contributed by atoms with van der Waals surface area (Å²) in [6.07, 6.45) is 3.73. The van der Waals surface area contributed by atoms with Crippen LogP contribution in [0.4, 0.5) is 8.78 Å². The number of likely N-dealkylation sites (N-methyl/N-ethyl adjacent to an activating group) is 1. The van der Waals surface area contributed by atoms with E-state index in [-0.39, 0.29) is 17.9 Å². The minimum Gasteiger partial charge on any atom is -0.490 e. The summed E-state index contributed by atoms with van der Waals surface area (Å²) < 4.78 is 31.9. The summed E-state index contributed by atoms with van der Waals surface area (Å²) in [4.78, 5) is 0. The first-order valence-corrected chi connectivity index (χ1v) is 7.55. The number of halogens is 2. The number of aliphatic hydroxyl groups excluding tert-OH is 1. The molecule has 2 rings (SSSR count). The molecule has 1 fully saturated rings. The van der Waals surface area contributed by atoms with Crippen molar-refractivity contribution < 1.29 is 18.6 Å². The summed E-state index contributed by atoms with van der Waals surface area (Å²) in [6, 6.07) is 3.93. The van der Waals surface area contributed by atoms with E-state index in [1.165, 1.54) is 12.1 Å². The highest BCUT2D eigenvalue weighted by Gasteiger charge is 2.41. The van der Waals surface area contributed by atoms with Crippen LogP contribution in [-0.2, 0) is 0 Å². The van der Waals surface area contributed by atoms with Gasteiger partial charge < -0.3 is 15.2 Å². The first-order valence-electron chi connectivity index (χ1n) is 7.55. The first kappa shape index (κ1) is 16.2. The Kier molecular flexibility index (Phi) is 5.53. The first-order chi connectivity index (χ1) is 10.1. The average molecular weight is 299 g/mol. The van der Waals surface area contributed by atoms with Gasteiger partial charge in [0.15, 0.2) is 11.6 Å². The SMILES string of the molecule is CCNC1(CO)CCCC1CCOc1cccc(F)c1F. The van der Waals surface area contributed by atoms with Crippen molar-refractivity contribution in [3.05, 3.63) is 29.8 Å². The zero-order valence-corrected chi connectivity index (χ0v) is 12.4. The van der Waals surface area contributed by atoms with Gasteiger partial charge in [-0.3, -0.25) is 0 Å². The van der Waals surface area contributed by atoms with E-state index in [9.17, 15) is 13.9 Å². The largest absolute Gasteiger partial charge is 0.490 e. The minimum atomic E-state index is -0.941. The maximum absolute atomic E-state index is 13.5. The van der Waals surface area contributed by atoms with Crippen LogP contribution in [0.25, 0.3) is 0 Å². The highest BCUT2D eigenvalue weighted by atomic mass is 19.2. The predicted molar refractivity (Wildman–Crippen MR) is 77.3 cm³/mol. The molecule has 3 nitrogen and oxygen atoms in total. The van der Waals surface area contributed by atoms with Crippen molar-refractivity contribution in [3.8, 4) is 5.75 Å². The quantitative estimate of drug-likeness (QED) is 0.813. The van der Waals surface area contributed by atoms with Gasteiger partial charge in [-0.05, 0) is 43.9 Å². The molecule has 1 aliphatic carbocycles. The second kappa shape index (κ2) is 7.18. The molecule has 2 atom stereocenters. The van der Waals surface area contributed by atoms with Gasteiger partial charge in [0.1, 0.15) is 0 Å². The highest BCUT2D eigenvalue weighted by molar-refractivity contribution is 5.25. The average Bonchev–Trinajstić information content (AvgIpc) is 2.87. The molecule has 0 spiro atoms. The van der Waals surface area contributed by atoms with Crippen LogP contribution in [0, 0.1) is 17.6 Å². The normalized spacial score (nSPS) is 25.2. The van der Waals surface area contributed by atoms with E-state index >= 15 is 0 Å². The van der Waals surface area contributed by atoms with E-state index < -0.39 is 11.6 Å². The second-order valence-electron chi connectivity index (χ2n) is 5.62. The standard InChI is InChI=1S/C16H23F2NO2/c1-2-19-16(11-20)9-4-5-12(16)8-10-21-14-7-3-6-13(17)15(14)18/h3,6-7,12,19-20H,2,4-5,8-11H2,1H3. The smallest absolute Gasteiger partial charge is 0.200 e. The number of benzene rings is 1. The molecule has 1 aromatic carbocycles. The lowest BCUT2D eigenvalue weighted by molar-refractivity contribution is 0.111. The molecule has 0 heterocycles. The van der Waals surface area contributed by atoms with Crippen LogP contribution in [0.15, 0.2) is 18.2 Å². The third-order valence-electron chi connectivity index (χ3n) is 4.41. The molecule has 1 aromatic rings. The van der Waals surface area contributed by atoms with Crippen LogP contribution >= 0.6 is 0 Å². The number of aliphatic hydroxyl groups is 1. The lowest BCUT2D eigenvalue weighted by Gasteiger charge is -2.34. The number of nitrogens with one attached hydrogen (secondary N) is 1. The summed E-state index contributed by atoms with van der Waals surface area (Å²) in [5, 5.41) is 13.1. The van der Waals surface area contributed by atoms with Crippen LogP contribution in [0.3, 0.4) is 0 Å².